The standard InChI is InChI=1S/C24H28O2/c25-24(26)22-18-13-11-9-7-5-3-1-2-4-6-8-10-12-15-19-23-20-16-14-17-21-23/h14,16-17,20-21H,1-5,7,9,11,13,18,22H2,(H,25,26). The maximum atomic E-state index is 10.4. The zero-order chi connectivity index (χ0) is 18.7. The van der Waals surface area contributed by atoms with Crippen LogP contribution in [-0.4, -0.2) is 11.1 Å². The van der Waals surface area contributed by atoms with Crippen LogP contribution in [0.1, 0.15) is 76.2 Å². The van der Waals surface area contributed by atoms with Crippen molar-refractivity contribution in [2.45, 2.75) is 70.6 Å². The van der Waals surface area contributed by atoms with E-state index in [1.807, 2.05) is 30.3 Å². The average Bonchev–Trinajstić information content (AvgIpc) is 2.65. The SMILES string of the molecule is O=C(O)CCCCCCCCCCCC#CC#CC#Cc1ccccc1. The van der Waals surface area contributed by atoms with Crippen molar-refractivity contribution >= 4 is 5.97 Å². The molecule has 0 heterocycles. The molecule has 0 radical (unpaired) electrons. The molecule has 0 aliphatic carbocycles. The summed E-state index contributed by atoms with van der Waals surface area (Å²) >= 11 is 0. The minimum absolute atomic E-state index is 0.311. The van der Waals surface area contributed by atoms with Crippen molar-refractivity contribution in [2.24, 2.45) is 0 Å². The minimum atomic E-state index is -0.681. The zero-order valence-electron chi connectivity index (χ0n) is 15.5. The Kier molecular flexibility index (Phi) is 13.1. The molecule has 0 aromatic heterocycles. The lowest BCUT2D eigenvalue weighted by Crippen LogP contribution is -1.93. The lowest BCUT2D eigenvalue weighted by atomic mass is 10.1. The van der Waals surface area contributed by atoms with Gasteiger partial charge in [-0.2, -0.15) is 0 Å². The highest BCUT2D eigenvalue weighted by atomic mass is 16.4. The molecule has 0 amide bonds. The molecule has 0 atom stereocenters. The van der Waals surface area contributed by atoms with Gasteiger partial charge in [0.15, 0.2) is 0 Å². The van der Waals surface area contributed by atoms with Crippen LogP contribution in [0.2, 0.25) is 0 Å². The molecule has 1 aromatic rings. The average molecular weight is 348 g/mol. The van der Waals surface area contributed by atoms with Crippen molar-refractivity contribution < 1.29 is 9.90 Å². The summed E-state index contributed by atoms with van der Waals surface area (Å²) in [6.45, 7) is 0. The van der Waals surface area contributed by atoms with E-state index in [2.05, 4.69) is 35.5 Å². The molecule has 136 valence electrons. The molecule has 0 aliphatic heterocycles. The Balaban J connectivity index is 1.93. The number of benzene rings is 1. The number of hydrogen-bond acceptors (Lipinski definition) is 1. The molecule has 2 nitrogen and oxygen atoms in total. The maximum Gasteiger partial charge on any atom is 0.303 e. The van der Waals surface area contributed by atoms with Crippen LogP contribution >= 0.6 is 0 Å². The van der Waals surface area contributed by atoms with Gasteiger partial charge in [-0.1, -0.05) is 75.0 Å². The third-order valence-corrected chi connectivity index (χ3v) is 3.95. The molecule has 1 aromatic carbocycles. The number of rotatable bonds is 11. The second-order valence-corrected chi connectivity index (χ2v) is 6.24. The van der Waals surface area contributed by atoms with Crippen molar-refractivity contribution in [1.29, 1.82) is 0 Å². The van der Waals surface area contributed by atoms with Gasteiger partial charge in [0, 0.05) is 18.4 Å². The van der Waals surface area contributed by atoms with Crippen LogP contribution < -0.4 is 0 Å². The number of unbranched alkanes of at least 4 members (excludes halogenated alkanes) is 9. The Labute approximate surface area is 158 Å². The van der Waals surface area contributed by atoms with E-state index in [0.29, 0.717) is 6.42 Å². The fourth-order valence-electron chi connectivity index (χ4n) is 2.52. The molecular formula is C24H28O2. The van der Waals surface area contributed by atoms with E-state index in [4.69, 9.17) is 5.11 Å². The van der Waals surface area contributed by atoms with Crippen LogP contribution in [0.25, 0.3) is 0 Å². The number of carboxylic acids is 1. The van der Waals surface area contributed by atoms with Crippen LogP contribution in [0.5, 0.6) is 0 Å². The fourth-order valence-corrected chi connectivity index (χ4v) is 2.52. The summed E-state index contributed by atoms with van der Waals surface area (Å²) in [4.78, 5) is 10.4. The van der Waals surface area contributed by atoms with E-state index in [0.717, 1.165) is 37.7 Å². The Bertz CT molecular complexity index is 684. The molecule has 0 saturated carbocycles. The summed E-state index contributed by atoms with van der Waals surface area (Å²) in [5, 5.41) is 8.55. The lowest BCUT2D eigenvalue weighted by Gasteiger charge is -2.01. The molecule has 0 aliphatic rings. The van der Waals surface area contributed by atoms with Gasteiger partial charge >= 0.3 is 5.97 Å². The Morgan fingerprint density at radius 3 is 1.96 bits per heavy atom. The Morgan fingerprint density at radius 2 is 1.31 bits per heavy atom. The molecule has 1 rings (SSSR count). The molecule has 0 saturated heterocycles. The molecule has 0 fully saturated rings. The molecular weight excluding hydrogens is 320 g/mol. The highest BCUT2D eigenvalue weighted by Crippen LogP contribution is 2.11. The van der Waals surface area contributed by atoms with Gasteiger partial charge < -0.3 is 5.11 Å². The summed E-state index contributed by atoms with van der Waals surface area (Å²) in [7, 11) is 0. The highest BCUT2D eigenvalue weighted by Gasteiger charge is 1.96. The van der Waals surface area contributed by atoms with Crippen molar-refractivity contribution in [3.8, 4) is 35.5 Å². The predicted octanol–water partition coefficient (Wildman–Crippen LogP) is 5.42. The first-order valence-electron chi connectivity index (χ1n) is 9.55. The second-order valence-electron chi connectivity index (χ2n) is 6.24. The van der Waals surface area contributed by atoms with Crippen molar-refractivity contribution in [3.63, 3.8) is 0 Å². The Morgan fingerprint density at radius 1 is 0.731 bits per heavy atom. The van der Waals surface area contributed by atoms with Gasteiger partial charge in [0.1, 0.15) is 0 Å². The topological polar surface area (TPSA) is 37.3 Å². The van der Waals surface area contributed by atoms with Gasteiger partial charge in [0.05, 0.1) is 0 Å². The first-order chi connectivity index (χ1) is 12.8. The van der Waals surface area contributed by atoms with E-state index < -0.39 is 5.97 Å². The van der Waals surface area contributed by atoms with Gasteiger partial charge in [-0.25, -0.2) is 0 Å². The van der Waals surface area contributed by atoms with Gasteiger partial charge in [0.25, 0.3) is 0 Å². The van der Waals surface area contributed by atoms with Crippen molar-refractivity contribution in [1.82, 2.24) is 0 Å². The molecule has 0 bridgehead atoms. The van der Waals surface area contributed by atoms with E-state index in [1.54, 1.807) is 0 Å². The monoisotopic (exact) mass is 348 g/mol. The molecule has 0 spiro atoms. The fraction of sp³-hybridized carbons (Fsp3) is 0.458. The summed E-state index contributed by atoms with van der Waals surface area (Å²) in [6, 6.07) is 9.80. The van der Waals surface area contributed by atoms with Crippen LogP contribution in [0.15, 0.2) is 30.3 Å². The maximum absolute atomic E-state index is 10.4. The summed E-state index contributed by atoms with van der Waals surface area (Å²) < 4.78 is 0. The van der Waals surface area contributed by atoms with Gasteiger partial charge in [0.2, 0.25) is 0 Å². The molecule has 1 N–H and O–H groups in total. The van der Waals surface area contributed by atoms with Crippen LogP contribution in [0, 0.1) is 35.5 Å². The Hall–Kier alpha value is -2.63. The number of aliphatic carboxylic acids is 1. The molecule has 2 heteroatoms. The van der Waals surface area contributed by atoms with E-state index in [1.165, 1.54) is 32.1 Å². The molecule has 26 heavy (non-hydrogen) atoms. The summed E-state index contributed by atoms with van der Waals surface area (Å²) in [6.07, 6.45) is 11.6. The van der Waals surface area contributed by atoms with Crippen molar-refractivity contribution in [3.05, 3.63) is 35.9 Å². The number of carboxylic acid groups (broad SMARTS) is 1. The number of hydrogen-bond donors (Lipinski definition) is 1. The molecule has 0 unspecified atom stereocenters. The lowest BCUT2D eigenvalue weighted by molar-refractivity contribution is -0.137. The first kappa shape index (κ1) is 21.4. The smallest absolute Gasteiger partial charge is 0.303 e. The van der Waals surface area contributed by atoms with E-state index >= 15 is 0 Å². The highest BCUT2D eigenvalue weighted by molar-refractivity contribution is 5.66. The van der Waals surface area contributed by atoms with Gasteiger partial charge in [-0.15, -0.1) is 0 Å². The first-order valence-corrected chi connectivity index (χ1v) is 9.55. The third kappa shape index (κ3) is 13.8. The van der Waals surface area contributed by atoms with Crippen LogP contribution in [-0.2, 0) is 4.79 Å². The largest absolute Gasteiger partial charge is 0.481 e. The predicted molar refractivity (Wildman–Crippen MR) is 107 cm³/mol. The van der Waals surface area contributed by atoms with Crippen LogP contribution in [0.3, 0.4) is 0 Å². The third-order valence-electron chi connectivity index (χ3n) is 3.95. The van der Waals surface area contributed by atoms with Crippen molar-refractivity contribution in [2.75, 3.05) is 0 Å². The number of carbonyl (C=O) groups is 1. The zero-order valence-corrected chi connectivity index (χ0v) is 15.5. The van der Waals surface area contributed by atoms with Crippen LogP contribution in [0.4, 0.5) is 0 Å². The quantitative estimate of drug-likeness (QED) is 0.428. The second kappa shape index (κ2) is 15.9. The van der Waals surface area contributed by atoms with E-state index in [-0.39, 0.29) is 0 Å². The van der Waals surface area contributed by atoms with Gasteiger partial charge in [-0.3, -0.25) is 4.79 Å². The summed E-state index contributed by atoms with van der Waals surface area (Å²) in [5.41, 5.74) is 0.968. The van der Waals surface area contributed by atoms with Gasteiger partial charge in [-0.05, 0) is 48.7 Å². The normalized spacial score (nSPS) is 9.08. The minimum Gasteiger partial charge on any atom is -0.481 e. The van der Waals surface area contributed by atoms with E-state index in [9.17, 15) is 4.79 Å². The summed E-state index contributed by atoms with van der Waals surface area (Å²) in [5.74, 6) is 16.6.